The van der Waals surface area contributed by atoms with E-state index in [4.69, 9.17) is 4.74 Å². The van der Waals surface area contributed by atoms with E-state index in [1.165, 1.54) is 16.7 Å². The van der Waals surface area contributed by atoms with E-state index in [0.717, 1.165) is 4.57 Å². The van der Waals surface area contributed by atoms with Crippen LogP contribution in [0.4, 0.5) is 0 Å². The van der Waals surface area contributed by atoms with Gasteiger partial charge in [-0.15, -0.1) is 0 Å². The number of aryl methyl sites for hydroxylation is 2. The van der Waals surface area contributed by atoms with E-state index >= 15 is 0 Å². The third-order valence-corrected chi connectivity index (χ3v) is 3.66. The second-order valence-electron chi connectivity index (χ2n) is 6.80. The van der Waals surface area contributed by atoms with Crippen molar-refractivity contribution in [1.29, 1.82) is 0 Å². The van der Waals surface area contributed by atoms with Gasteiger partial charge >= 0.3 is 11.7 Å². The molecule has 2 rings (SSSR count). The standard InChI is InChI=1S/C18H22N2O4/c1-11-7-8-13(10-14(11)16(22)24-18(3,4)5)20-15(21)9-12(2)19(6)17(20)23/h7-10H,1-6H3. The normalized spacial score (nSPS) is 11.4. The lowest BCUT2D eigenvalue weighted by molar-refractivity contribution is 0.00687. The van der Waals surface area contributed by atoms with E-state index in [0.29, 0.717) is 22.5 Å². The van der Waals surface area contributed by atoms with Gasteiger partial charge in [-0.25, -0.2) is 14.2 Å². The predicted molar refractivity (Wildman–Crippen MR) is 91.9 cm³/mol. The van der Waals surface area contributed by atoms with Gasteiger partial charge in [0, 0.05) is 18.8 Å². The van der Waals surface area contributed by atoms with Gasteiger partial charge in [0.2, 0.25) is 0 Å². The molecule has 0 aliphatic rings. The van der Waals surface area contributed by atoms with Crippen LogP contribution in [0.3, 0.4) is 0 Å². The average Bonchev–Trinajstić information content (AvgIpc) is 2.44. The summed E-state index contributed by atoms with van der Waals surface area (Å²) in [5.74, 6) is -0.487. The lowest BCUT2D eigenvalue weighted by atomic mass is 10.1. The molecule has 128 valence electrons. The Morgan fingerprint density at radius 2 is 1.71 bits per heavy atom. The van der Waals surface area contributed by atoms with Crippen LogP contribution in [0.25, 0.3) is 5.69 Å². The highest BCUT2D eigenvalue weighted by Gasteiger charge is 2.20. The summed E-state index contributed by atoms with van der Waals surface area (Å²) in [6, 6.07) is 6.23. The zero-order chi connectivity index (χ0) is 18.2. The molecule has 6 nitrogen and oxygen atoms in total. The maximum absolute atomic E-state index is 12.4. The number of aromatic nitrogens is 2. The highest BCUT2D eigenvalue weighted by Crippen LogP contribution is 2.18. The summed E-state index contributed by atoms with van der Waals surface area (Å²) in [4.78, 5) is 37.0. The fraction of sp³-hybridized carbons (Fsp3) is 0.389. The van der Waals surface area contributed by atoms with E-state index in [-0.39, 0.29) is 0 Å². The number of carbonyl (C=O) groups excluding carboxylic acids is 1. The van der Waals surface area contributed by atoms with Crippen LogP contribution < -0.4 is 11.2 Å². The fourth-order valence-electron chi connectivity index (χ4n) is 2.27. The predicted octanol–water partition coefficient (Wildman–Crippen LogP) is 2.11. The second-order valence-corrected chi connectivity index (χ2v) is 6.80. The lowest BCUT2D eigenvalue weighted by Gasteiger charge is -2.20. The van der Waals surface area contributed by atoms with Crippen LogP contribution in [0, 0.1) is 13.8 Å². The van der Waals surface area contributed by atoms with Crippen LogP contribution >= 0.6 is 0 Å². The molecule has 2 aromatic rings. The second kappa shape index (κ2) is 6.11. The Kier molecular flexibility index (Phi) is 4.51. The zero-order valence-electron chi connectivity index (χ0n) is 14.8. The third-order valence-electron chi connectivity index (χ3n) is 3.66. The fourth-order valence-corrected chi connectivity index (χ4v) is 2.27. The van der Waals surface area contributed by atoms with Gasteiger partial charge in [0.05, 0.1) is 11.3 Å². The summed E-state index contributed by atoms with van der Waals surface area (Å²) in [7, 11) is 1.59. The number of hydrogen-bond donors (Lipinski definition) is 0. The number of ether oxygens (including phenoxy) is 1. The minimum atomic E-state index is -0.629. The number of nitrogens with zero attached hydrogens (tertiary/aromatic N) is 2. The number of carbonyl (C=O) groups is 1. The minimum Gasteiger partial charge on any atom is -0.456 e. The molecule has 1 aromatic heterocycles. The molecule has 0 spiro atoms. The summed E-state index contributed by atoms with van der Waals surface area (Å²) in [5, 5.41) is 0. The lowest BCUT2D eigenvalue weighted by Crippen LogP contribution is -2.38. The van der Waals surface area contributed by atoms with E-state index in [1.807, 2.05) is 0 Å². The molecule has 0 unspecified atom stereocenters. The van der Waals surface area contributed by atoms with Crippen molar-refractivity contribution in [2.75, 3.05) is 0 Å². The van der Waals surface area contributed by atoms with Crippen LogP contribution in [0.2, 0.25) is 0 Å². The first-order chi connectivity index (χ1) is 11.0. The van der Waals surface area contributed by atoms with Crippen LogP contribution in [-0.4, -0.2) is 20.7 Å². The summed E-state index contributed by atoms with van der Waals surface area (Å²) >= 11 is 0. The first-order valence-electron chi connectivity index (χ1n) is 7.65. The summed E-state index contributed by atoms with van der Waals surface area (Å²) in [6.45, 7) is 8.81. The van der Waals surface area contributed by atoms with E-state index < -0.39 is 22.8 Å². The van der Waals surface area contributed by atoms with Gasteiger partial charge in [0.25, 0.3) is 5.56 Å². The Bertz CT molecular complexity index is 914. The summed E-state index contributed by atoms with van der Waals surface area (Å²) in [5.41, 5.74) is 0.430. The molecule has 6 heteroatoms. The number of benzene rings is 1. The Morgan fingerprint density at radius 3 is 2.29 bits per heavy atom. The van der Waals surface area contributed by atoms with Crippen molar-refractivity contribution in [1.82, 2.24) is 9.13 Å². The number of rotatable bonds is 2. The maximum Gasteiger partial charge on any atom is 0.338 e. The van der Waals surface area contributed by atoms with Gasteiger partial charge in [-0.1, -0.05) is 6.07 Å². The molecule has 24 heavy (non-hydrogen) atoms. The molecule has 0 aliphatic carbocycles. The minimum absolute atomic E-state index is 0.331. The molecule has 0 saturated heterocycles. The van der Waals surface area contributed by atoms with Crippen molar-refractivity contribution in [2.24, 2.45) is 7.05 Å². The van der Waals surface area contributed by atoms with Crippen molar-refractivity contribution in [2.45, 2.75) is 40.2 Å². The van der Waals surface area contributed by atoms with Crippen molar-refractivity contribution in [3.8, 4) is 5.69 Å². The van der Waals surface area contributed by atoms with Gasteiger partial charge in [0.1, 0.15) is 5.60 Å². The first-order valence-corrected chi connectivity index (χ1v) is 7.65. The van der Waals surface area contributed by atoms with E-state index in [1.54, 1.807) is 53.8 Å². The van der Waals surface area contributed by atoms with Gasteiger partial charge in [-0.2, -0.15) is 0 Å². The smallest absolute Gasteiger partial charge is 0.338 e. The molecule has 1 heterocycles. The van der Waals surface area contributed by atoms with Crippen molar-refractivity contribution in [3.05, 3.63) is 61.9 Å². The monoisotopic (exact) mass is 330 g/mol. The molecular weight excluding hydrogens is 308 g/mol. The Hall–Kier alpha value is -2.63. The zero-order valence-corrected chi connectivity index (χ0v) is 14.8. The highest BCUT2D eigenvalue weighted by molar-refractivity contribution is 5.92. The van der Waals surface area contributed by atoms with Crippen LogP contribution in [0.1, 0.15) is 42.4 Å². The molecule has 0 N–H and O–H groups in total. The molecule has 0 fully saturated rings. The summed E-state index contributed by atoms with van der Waals surface area (Å²) < 4.78 is 7.81. The van der Waals surface area contributed by atoms with Crippen molar-refractivity contribution in [3.63, 3.8) is 0 Å². The van der Waals surface area contributed by atoms with Crippen LogP contribution in [0.5, 0.6) is 0 Å². The SMILES string of the molecule is Cc1ccc(-n2c(=O)cc(C)n(C)c2=O)cc1C(=O)OC(C)(C)C. The first kappa shape index (κ1) is 17.7. The third kappa shape index (κ3) is 3.48. The van der Waals surface area contributed by atoms with Gasteiger partial charge in [-0.3, -0.25) is 4.79 Å². The highest BCUT2D eigenvalue weighted by atomic mass is 16.6. The molecule has 0 atom stereocenters. The molecule has 0 aliphatic heterocycles. The number of esters is 1. The largest absolute Gasteiger partial charge is 0.456 e. The molecule has 0 bridgehead atoms. The maximum atomic E-state index is 12.4. The topological polar surface area (TPSA) is 70.3 Å². The summed E-state index contributed by atoms with van der Waals surface area (Å²) in [6.07, 6.45) is 0. The van der Waals surface area contributed by atoms with Gasteiger partial charge in [-0.05, 0) is 52.3 Å². The van der Waals surface area contributed by atoms with Crippen LogP contribution in [0.15, 0.2) is 33.9 Å². The Labute approximate surface area is 140 Å². The quantitative estimate of drug-likeness (QED) is 0.791. The molecule has 0 radical (unpaired) electrons. The Balaban J connectivity index is 2.62. The van der Waals surface area contributed by atoms with Crippen LogP contribution in [-0.2, 0) is 11.8 Å². The number of hydrogen-bond acceptors (Lipinski definition) is 4. The van der Waals surface area contributed by atoms with Crippen molar-refractivity contribution >= 4 is 5.97 Å². The molecular formula is C18H22N2O4. The average molecular weight is 330 g/mol. The Morgan fingerprint density at radius 1 is 1.08 bits per heavy atom. The molecule has 0 saturated carbocycles. The van der Waals surface area contributed by atoms with Crippen molar-refractivity contribution < 1.29 is 9.53 Å². The van der Waals surface area contributed by atoms with Gasteiger partial charge < -0.3 is 9.30 Å². The molecule has 1 aromatic carbocycles. The van der Waals surface area contributed by atoms with Gasteiger partial charge in [0.15, 0.2) is 0 Å². The van der Waals surface area contributed by atoms with E-state index in [2.05, 4.69) is 0 Å². The molecule has 0 amide bonds. The van der Waals surface area contributed by atoms with E-state index in [9.17, 15) is 14.4 Å².